The molecule has 2 unspecified atom stereocenters. The number of carboxylic acids is 1. The number of nitrogens with zero attached hydrogens (tertiary/aromatic N) is 1. The summed E-state index contributed by atoms with van der Waals surface area (Å²) in [6.45, 7) is 5.78. The fraction of sp³-hybridized carbons (Fsp3) is 0.600. The molecule has 1 heterocycles. The van der Waals surface area contributed by atoms with Gasteiger partial charge in [0.05, 0.1) is 0 Å². The number of ether oxygens (including phenoxy) is 1. The Hall–Kier alpha value is -1.52. The molecule has 0 bridgehead atoms. The maximum Gasteiger partial charge on any atom is 0.410 e. The summed E-state index contributed by atoms with van der Waals surface area (Å²) in [6, 6.07) is -0.762. The van der Waals surface area contributed by atoms with Gasteiger partial charge in [-0.05, 0) is 12.3 Å². The van der Waals surface area contributed by atoms with Crippen LogP contribution in [0.3, 0.4) is 0 Å². The molecule has 0 aliphatic carbocycles. The zero-order chi connectivity index (χ0) is 11.4. The first-order valence-electron chi connectivity index (χ1n) is 4.85. The standard InChI is InChI=1S/C10H15NO4/c1-3-6-15-10(14)11-5-4-7(2)8(11)9(12)13/h3,7-8H,1,4-6H2,2H3,(H,12,13). The van der Waals surface area contributed by atoms with Crippen LogP contribution in [-0.4, -0.2) is 41.3 Å². The molecule has 0 aromatic carbocycles. The molecular weight excluding hydrogens is 198 g/mol. The number of hydrogen-bond donors (Lipinski definition) is 1. The van der Waals surface area contributed by atoms with E-state index in [-0.39, 0.29) is 12.5 Å². The van der Waals surface area contributed by atoms with Gasteiger partial charge in [0.1, 0.15) is 12.6 Å². The van der Waals surface area contributed by atoms with E-state index in [1.54, 1.807) is 0 Å². The Labute approximate surface area is 88.3 Å². The quantitative estimate of drug-likeness (QED) is 0.713. The summed E-state index contributed by atoms with van der Waals surface area (Å²) in [5.41, 5.74) is 0. The molecule has 1 aliphatic rings. The van der Waals surface area contributed by atoms with E-state index in [1.165, 1.54) is 11.0 Å². The summed E-state index contributed by atoms with van der Waals surface area (Å²) >= 11 is 0. The maximum absolute atomic E-state index is 11.5. The summed E-state index contributed by atoms with van der Waals surface area (Å²) in [4.78, 5) is 23.6. The first kappa shape index (κ1) is 11.6. The third-order valence-corrected chi connectivity index (χ3v) is 2.51. The molecule has 2 atom stereocenters. The van der Waals surface area contributed by atoms with Gasteiger partial charge in [-0.3, -0.25) is 4.90 Å². The molecule has 0 radical (unpaired) electrons. The van der Waals surface area contributed by atoms with Gasteiger partial charge in [-0.15, -0.1) is 0 Å². The summed E-state index contributed by atoms with van der Waals surface area (Å²) < 4.78 is 4.81. The van der Waals surface area contributed by atoms with Crippen molar-refractivity contribution >= 4 is 12.1 Å². The molecule has 0 aromatic heterocycles. The van der Waals surface area contributed by atoms with Crippen LogP contribution in [0.4, 0.5) is 4.79 Å². The predicted octanol–water partition coefficient (Wildman–Crippen LogP) is 1.10. The van der Waals surface area contributed by atoms with E-state index in [9.17, 15) is 9.59 Å². The van der Waals surface area contributed by atoms with Crippen molar-refractivity contribution in [1.29, 1.82) is 0 Å². The van der Waals surface area contributed by atoms with Crippen molar-refractivity contribution in [3.05, 3.63) is 12.7 Å². The van der Waals surface area contributed by atoms with Gasteiger partial charge in [0, 0.05) is 6.54 Å². The Morgan fingerprint density at radius 2 is 2.33 bits per heavy atom. The van der Waals surface area contributed by atoms with E-state index in [4.69, 9.17) is 9.84 Å². The third kappa shape index (κ3) is 2.49. The third-order valence-electron chi connectivity index (χ3n) is 2.51. The van der Waals surface area contributed by atoms with Gasteiger partial charge >= 0.3 is 12.1 Å². The lowest BCUT2D eigenvalue weighted by atomic mass is 10.0. The molecule has 15 heavy (non-hydrogen) atoms. The fourth-order valence-electron chi connectivity index (χ4n) is 1.74. The number of carbonyl (C=O) groups is 2. The largest absolute Gasteiger partial charge is 0.480 e. The van der Waals surface area contributed by atoms with Crippen LogP contribution in [0.1, 0.15) is 13.3 Å². The molecule has 0 saturated carbocycles. The van der Waals surface area contributed by atoms with Crippen molar-refractivity contribution in [1.82, 2.24) is 4.90 Å². The van der Waals surface area contributed by atoms with Crippen LogP contribution in [0, 0.1) is 5.92 Å². The molecule has 0 spiro atoms. The van der Waals surface area contributed by atoms with E-state index in [1.807, 2.05) is 6.92 Å². The van der Waals surface area contributed by atoms with E-state index in [0.717, 1.165) is 0 Å². The number of carbonyl (C=O) groups excluding carboxylic acids is 1. The lowest BCUT2D eigenvalue weighted by molar-refractivity contribution is -0.142. The first-order chi connectivity index (χ1) is 7.07. The fourth-order valence-corrected chi connectivity index (χ4v) is 1.74. The summed E-state index contributed by atoms with van der Waals surface area (Å²) in [6.07, 6.45) is 1.57. The number of aliphatic carboxylic acids is 1. The number of hydrogen-bond acceptors (Lipinski definition) is 3. The molecule has 1 amide bonds. The molecule has 5 heteroatoms. The number of carboxylic acid groups (broad SMARTS) is 1. The molecule has 1 N–H and O–H groups in total. The molecular formula is C10H15NO4. The smallest absolute Gasteiger partial charge is 0.410 e. The van der Waals surface area contributed by atoms with Crippen molar-refractivity contribution in [3.63, 3.8) is 0 Å². The second-order valence-electron chi connectivity index (χ2n) is 3.61. The average molecular weight is 213 g/mol. The van der Waals surface area contributed by atoms with Gasteiger partial charge in [0.25, 0.3) is 0 Å². The minimum absolute atomic E-state index is 0.0289. The second kappa shape index (κ2) is 4.82. The first-order valence-corrected chi connectivity index (χ1v) is 4.85. The summed E-state index contributed by atoms with van der Waals surface area (Å²) in [5, 5.41) is 8.96. The lowest BCUT2D eigenvalue weighted by Gasteiger charge is -2.22. The average Bonchev–Trinajstić information content (AvgIpc) is 2.56. The number of likely N-dealkylation sites (tertiary alicyclic amines) is 1. The van der Waals surface area contributed by atoms with Crippen molar-refractivity contribution in [2.45, 2.75) is 19.4 Å². The number of amides is 1. The topological polar surface area (TPSA) is 66.8 Å². The highest BCUT2D eigenvalue weighted by Gasteiger charge is 2.40. The Balaban J connectivity index is 2.64. The van der Waals surface area contributed by atoms with Crippen LogP contribution in [0.15, 0.2) is 12.7 Å². The zero-order valence-electron chi connectivity index (χ0n) is 8.68. The highest BCUT2D eigenvalue weighted by molar-refractivity contribution is 5.81. The minimum Gasteiger partial charge on any atom is -0.480 e. The molecule has 1 rings (SSSR count). The van der Waals surface area contributed by atoms with Gasteiger partial charge < -0.3 is 9.84 Å². The molecule has 84 valence electrons. The van der Waals surface area contributed by atoms with Crippen molar-refractivity contribution < 1.29 is 19.4 Å². The van der Waals surface area contributed by atoms with E-state index in [2.05, 4.69) is 6.58 Å². The highest BCUT2D eigenvalue weighted by Crippen LogP contribution is 2.24. The van der Waals surface area contributed by atoms with Crippen molar-refractivity contribution in [2.24, 2.45) is 5.92 Å². The van der Waals surface area contributed by atoms with Crippen LogP contribution >= 0.6 is 0 Å². The monoisotopic (exact) mass is 213 g/mol. The van der Waals surface area contributed by atoms with E-state index < -0.39 is 18.1 Å². The zero-order valence-corrected chi connectivity index (χ0v) is 8.68. The normalized spacial score (nSPS) is 25.0. The van der Waals surface area contributed by atoms with Crippen LogP contribution in [0.25, 0.3) is 0 Å². The van der Waals surface area contributed by atoms with Gasteiger partial charge in [-0.2, -0.15) is 0 Å². The highest BCUT2D eigenvalue weighted by atomic mass is 16.6. The van der Waals surface area contributed by atoms with Crippen LogP contribution < -0.4 is 0 Å². The molecule has 1 aliphatic heterocycles. The van der Waals surface area contributed by atoms with Gasteiger partial charge in [0.2, 0.25) is 0 Å². The van der Waals surface area contributed by atoms with Gasteiger partial charge in [-0.25, -0.2) is 9.59 Å². The van der Waals surface area contributed by atoms with Crippen molar-refractivity contribution in [2.75, 3.05) is 13.2 Å². The lowest BCUT2D eigenvalue weighted by Crippen LogP contribution is -2.43. The Kier molecular flexibility index (Phi) is 3.71. The van der Waals surface area contributed by atoms with Gasteiger partial charge in [0.15, 0.2) is 0 Å². The summed E-state index contributed by atoms with van der Waals surface area (Å²) in [5.74, 6) is -1.01. The van der Waals surface area contributed by atoms with Crippen LogP contribution in [-0.2, 0) is 9.53 Å². The molecule has 1 fully saturated rings. The van der Waals surface area contributed by atoms with E-state index >= 15 is 0 Å². The Morgan fingerprint density at radius 3 is 2.87 bits per heavy atom. The Bertz CT molecular complexity index is 277. The second-order valence-corrected chi connectivity index (χ2v) is 3.61. The SMILES string of the molecule is C=CCOC(=O)N1CCC(C)C1C(=O)O. The van der Waals surface area contributed by atoms with Crippen LogP contribution in [0.5, 0.6) is 0 Å². The van der Waals surface area contributed by atoms with Gasteiger partial charge in [-0.1, -0.05) is 19.6 Å². The Morgan fingerprint density at radius 1 is 1.67 bits per heavy atom. The van der Waals surface area contributed by atoms with E-state index in [0.29, 0.717) is 13.0 Å². The molecule has 0 aromatic rings. The molecule has 5 nitrogen and oxygen atoms in total. The molecule has 1 saturated heterocycles. The number of rotatable bonds is 3. The van der Waals surface area contributed by atoms with Crippen molar-refractivity contribution in [3.8, 4) is 0 Å². The summed E-state index contributed by atoms with van der Waals surface area (Å²) in [7, 11) is 0. The predicted molar refractivity (Wildman–Crippen MR) is 53.5 cm³/mol. The van der Waals surface area contributed by atoms with Crippen LogP contribution in [0.2, 0.25) is 0 Å². The minimum atomic E-state index is -0.976. The maximum atomic E-state index is 11.5.